The van der Waals surface area contributed by atoms with Gasteiger partial charge >= 0.3 is 0 Å². The van der Waals surface area contributed by atoms with Crippen LogP contribution in [0.3, 0.4) is 0 Å². The number of nitro groups is 1. The van der Waals surface area contributed by atoms with Gasteiger partial charge in [0, 0.05) is 23.6 Å². The second-order valence-corrected chi connectivity index (χ2v) is 7.62. The zero-order valence-corrected chi connectivity index (χ0v) is 16.3. The summed E-state index contributed by atoms with van der Waals surface area (Å²) in [4.78, 5) is 25.9. The van der Waals surface area contributed by atoms with Gasteiger partial charge in [-0.3, -0.25) is 14.9 Å². The van der Waals surface area contributed by atoms with E-state index in [0.717, 1.165) is 10.5 Å². The van der Waals surface area contributed by atoms with Gasteiger partial charge in [0.2, 0.25) is 5.91 Å². The Morgan fingerprint density at radius 1 is 1.19 bits per heavy atom. The Morgan fingerprint density at radius 3 is 2.33 bits per heavy atom. The fourth-order valence-corrected chi connectivity index (χ4v) is 3.69. The third-order valence-corrected chi connectivity index (χ3v) is 5.41. The number of aliphatic hydroxyl groups excluding tert-OH is 1. The first kappa shape index (κ1) is 20.9. The highest BCUT2D eigenvalue weighted by Gasteiger charge is 2.27. The summed E-state index contributed by atoms with van der Waals surface area (Å²) in [5.41, 5.74) is 1.03. The molecule has 2 rings (SSSR count). The van der Waals surface area contributed by atoms with E-state index in [1.54, 1.807) is 17.0 Å². The van der Waals surface area contributed by atoms with Gasteiger partial charge in [0.05, 0.1) is 22.8 Å². The Morgan fingerprint density at radius 2 is 1.81 bits per heavy atom. The number of aliphatic hydroxyl groups is 1. The molecule has 2 atom stereocenters. The molecule has 0 aromatic heterocycles. The van der Waals surface area contributed by atoms with Gasteiger partial charge in [-0.05, 0) is 31.0 Å². The molecule has 7 heteroatoms. The number of non-ortho nitro benzene ring substituents is 1. The number of rotatable bonds is 9. The van der Waals surface area contributed by atoms with Crippen LogP contribution < -0.4 is 0 Å². The number of nitro benzene ring substituents is 1. The second kappa shape index (κ2) is 10.1. The van der Waals surface area contributed by atoms with Gasteiger partial charge in [-0.25, -0.2) is 0 Å². The summed E-state index contributed by atoms with van der Waals surface area (Å²) in [6.07, 6.45) is 0.657. The first-order chi connectivity index (χ1) is 13.0. The van der Waals surface area contributed by atoms with Crippen molar-refractivity contribution in [3.05, 3.63) is 70.3 Å². The molecule has 0 radical (unpaired) electrons. The van der Waals surface area contributed by atoms with Gasteiger partial charge in [0.25, 0.3) is 5.69 Å². The molecule has 1 amide bonds. The van der Waals surface area contributed by atoms with Crippen molar-refractivity contribution in [2.24, 2.45) is 0 Å². The predicted octanol–water partition coefficient (Wildman–Crippen LogP) is 3.88. The first-order valence-corrected chi connectivity index (χ1v) is 9.70. The fourth-order valence-electron chi connectivity index (χ4n) is 2.75. The Balaban J connectivity index is 2.13. The first-order valence-electron chi connectivity index (χ1n) is 8.82. The van der Waals surface area contributed by atoms with Crippen molar-refractivity contribution in [3.8, 4) is 0 Å². The number of benzene rings is 2. The minimum Gasteiger partial charge on any atom is -0.394 e. The summed E-state index contributed by atoms with van der Waals surface area (Å²) < 4.78 is 0. The molecule has 0 fully saturated rings. The average Bonchev–Trinajstić information content (AvgIpc) is 2.68. The van der Waals surface area contributed by atoms with Crippen LogP contribution in [0.25, 0.3) is 0 Å². The van der Waals surface area contributed by atoms with Crippen molar-refractivity contribution in [2.45, 2.75) is 43.0 Å². The molecule has 0 heterocycles. The largest absolute Gasteiger partial charge is 0.394 e. The molecule has 1 N–H and O–H groups in total. The van der Waals surface area contributed by atoms with E-state index in [0.29, 0.717) is 13.0 Å². The van der Waals surface area contributed by atoms with Gasteiger partial charge in [-0.15, -0.1) is 11.8 Å². The Bertz CT molecular complexity index is 748. The maximum absolute atomic E-state index is 13.1. The van der Waals surface area contributed by atoms with Crippen LogP contribution in [-0.2, 0) is 11.3 Å². The molecule has 1 unspecified atom stereocenters. The molecule has 6 nitrogen and oxygen atoms in total. The Kier molecular flexibility index (Phi) is 7.82. The number of carbonyl (C=O) groups is 1. The van der Waals surface area contributed by atoms with Crippen LogP contribution in [0.15, 0.2) is 59.5 Å². The minimum absolute atomic E-state index is 0.0235. The van der Waals surface area contributed by atoms with Crippen molar-refractivity contribution in [1.82, 2.24) is 4.90 Å². The number of nitrogens with zero attached hydrogens (tertiary/aromatic N) is 2. The normalized spacial score (nSPS) is 13.0. The van der Waals surface area contributed by atoms with Gasteiger partial charge in [-0.2, -0.15) is 0 Å². The van der Waals surface area contributed by atoms with E-state index in [2.05, 4.69) is 0 Å². The number of hydrogen-bond donors (Lipinski definition) is 1. The van der Waals surface area contributed by atoms with Crippen molar-refractivity contribution < 1.29 is 14.8 Å². The maximum Gasteiger partial charge on any atom is 0.269 e. The van der Waals surface area contributed by atoms with E-state index < -0.39 is 4.92 Å². The van der Waals surface area contributed by atoms with E-state index in [1.807, 2.05) is 44.2 Å². The van der Waals surface area contributed by atoms with Gasteiger partial charge in [0.15, 0.2) is 0 Å². The standard InChI is InChI=1S/C20H24N2O4S/c1-3-17(14-23)21(13-16-7-5-4-6-8-16)20(24)15(2)27-19-11-9-18(10-12-19)22(25)26/h4-12,15,17,23H,3,13-14H2,1-2H3/t15?,17-/m0/s1. The summed E-state index contributed by atoms with van der Waals surface area (Å²) in [5, 5.41) is 20.1. The highest BCUT2D eigenvalue weighted by atomic mass is 32.2. The summed E-state index contributed by atoms with van der Waals surface area (Å²) in [7, 11) is 0. The topological polar surface area (TPSA) is 83.7 Å². The SMILES string of the molecule is CC[C@@H](CO)N(Cc1ccccc1)C(=O)C(C)Sc1ccc([N+](=O)[O-])cc1. The molecule has 144 valence electrons. The van der Waals surface area contributed by atoms with Gasteiger partial charge in [0.1, 0.15) is 0 Å². The number of thioether (sulfide) groups is 1. The fraction of sp³-hybridized carbons (Fsp3) is 0.350. The molecular formula is C20H24N2O4S. The van der Waals surface area contributed by atoms with Crippen LogP contribution in [-0.4, -0.2) is 38.7 Å². The average molecular weight is 388 g/mol. The minimum atomic E-state index is -0.447. The second-order valence-electron chi connectivity index (χ2n) is 6.21. The molecule has 0 aliphatic rings. The predicted molar refractivity (Wildman–Crippen MR) is 107 cm³/mol. The molecule has 27 heavy (non-hydrogen) atoms. The summed E-state index contributed by atoms with van der Waals surface area (Å²) in [6, 6.07) is 15.6. The smallest absolute Gasteiger partial charge is 0.269 e. The van der Waals surface area contributed by atoms with Crippen LogP contribution in [0.4, 0.5) is 5.69 Å². The van der Waals surface area contributed by atoms with E-state index in [-0.39, 0.29) is 29.5 Å². The lowest BCUT2D eigenvalue weighted by atomic mass is 10.1. The van der Waals surface area contributed by atoms with Crippen molar-refractivity contribution >= 4 is 23.4 Å². The quantitative estimate of drug-likeness (QED) is 0.400. The molecule has 2 aromatic rings. The summed E-state index contributed by atoms with van der Waals surface area (Å²) in [5.74, 6) is -0.0666. The highest BCUT2D eigenvalue weighted by molar-refractivity contribution is 8.00. The van der Waals surface area contributed by atoms with Crippen molar-refractivity contribution in [1.29, 1.82) is 0 Å². The zero-order valence-electron chi connectivity index (χ0n) is 15.4. The monoisotopic (exact) mass is 388 g/mol. The molecule has 0 aliphatic heterocycles. The van der Waals surface area contributed by atoms with Crippen molar-refractivity contribution in [3.63, 3.8) is 0 Å². The zero-order chi connectivity index (χ0) is 19.8. The van der Waals surface area contributed by atoms with Crippen LogP contribution in [0.1, 0.15) is 25.8 Å². The van der Waals surface area contributed by atoms with E-state index in [9.17, 15) is 20.0 Å². The van der Waals surface area contributed by atoms with E-state index in [4.69, 9.17) is 0 Å². The third-order valence-electron chi connectivity index (χ3n) is 4.31. The van der Waals surface area contributed by atoms with Crippen LogP contribution in [0, 0.1) is 10.1 Å². The Labute approximate surface area is 163 Å². The van der Waals surface area contributed by atoms with E-state index in [1.165, 1.54) is 23.9 Å². The molecule has 0 saturated heterocycles. The van der Waals surface area contributed by atoms with Gasteiger partial charge in [-0.1, -0.05) is 37.3 Å². The lowest BCUT2D eigenvalue weighted by Gasteiger charge is -2.32. The van der Waals surface area contributed by atoms with Crippen LogP contribution in [0.5, 0.6) is 0 Å². The molecule has 0 bridgehead atoms. The molecule has 2 aromatic carbocycles. The summed E-state index contributed by atoms with van der Waals surface area (Å²) >= 11 is 1.35. The number of amides is 1. The lowest BCUT2D eigenvalue weighted by Crippen LogP contribution is -2.45. The molecular weight excluding hydrogens is 364 g/mol. The third kappa shape index (κ3) is 5.80. The van der Waals surface area contributed by atoms with Gasteiger partial charge < -0.3 is 10.0 Å². The maximum atomic E-state index is 13.1. The highest BCUT2D eigenvalue weighted by Crippen LogP contribution is 2.27. The van der Waals surface area contributed by atoms with Crippen molar-refractivity contribution in [2.75, 3.05) is 6.61 Å². The molecule has 0 spiro atoms. The molecule has 0 saturated carbocycles. The number of carbonyl (C=O) groups excluding carboxylic acids is 1. The van der Waals surface area contributed by atoms with Crippen LogP contribution >= 0.6 is 11.8 Å². The Hall–Kier alpha value is -2.38. The lowest BCUT2D eigenvalue weighted by molar-refractivity contribution is -0.384. The van der Waals surface area contributed by atoms with E-state index >= 15 is 0 Å². The number of hydrogen-bond acceptors (Lipinski definition) is 5. The summed E-state index contributed by atoms with van der Waals surface area (Å²) in [6.45, 7) is 4.10. The van der Waals surface area contributed by atoms with Crippen LogP contribution in [0.2, 0.25) is 0 Å². The molecule has 0 aliphatic carbocycles.